The van der Waals surface area contributed by atoms with Crippen molar-refractivity contribution in [3.8, 4) is 0 Å². The summed E-state index contributed by atoms with van der Waals surface area (Å²) >= 11 is 0. The molecule has 1 aromatic carbocycles. The first-order chi connectivity index (χ1) is 9.12. The van der Waals surface area contributed by atoms with E-state index in [2.05, 4.69) is 10.0 Å². The van der Waals surface area contributed by atoms with E-state index in [4.69, 9.17) is 4.74 Å². The molecule has 1 fully saturated rings. The second-order valence-corrected chi connectivity index (χ2v) is 6.40. The number of nitrogens with one attached hydrogen (secondary N) is 2. The van der Waals surface area contributed by atoms with Gasteiger partial charge in [0, 0.05) is 25.4 Å². The van der Waals surface area contributed by atoms with Crippen molar-refractivity contribution >= 4 is 15.7 Å². The zero-order chi connectivity index (χ0) is 13.7. The molecular formula is C13H20N2O3S. The highest BCUT2D eigenvalue weighted by Crippen LogP contribution is 2.15. The second-order valence-electron chi connectivity index (χ2n) is 4.64. The minimum absolute atomic E-state index is 0.288. The van der Waals surface area contributed by atoms with Crippen molar-refractivity contribution < 1.29 is 13.2 Å². The Morgan fingerprint density at radius 3 is 2.63 bits per heavy atom. The van der Waals surface area contributed by atoms with Gasteiger partial charge in [-0.2, -0.15) is 0 Å². The zero-order valence-electron chi connectivity index (χ0n) is 11.1. The molecule has 1 aromatic rings. The summed E-state index contributed by atoms with van der Waals surface area (Å²) in [6, 6.07) is 6.78. The maximum absolute atomic E-state index is 12.1. The van der Waals surface area contributed by atoms with Gasteiger partial charge in [-0.3, -0.25) is 0 Å². The molecule has 0 spiro atoms. The van der Waals surface area contributed by atoms with Crippen LogP contribution in [-0.2, 0) is 14.8 Å². The van der Waals surface area contributed by atoms with Crippen LogP contribution in [0, 0.1) is 5.92 Å². The molecule has 5 nitrogen and oxygen atoms in total. The predicted octanol–water partition coefficient (Wildman–Crippen LogP) is 1.43. The maximum atomic E-state index is 12.1. The topological polar surface area (TPSA) is 67.4 Å². The van der Waals surface area contributed by atoms with Gasteiger partial charge in [0.1, 0.15) is 0 Å². The molecule has 1 atom stereocenters. The summed E-state index contributed by atoms with van der Waals surface area (Å²) in [5, 5.41) is 3.13. The number of hydrogen-bond donors (Lipinski definition) is 2. The molecule has 0 radical (unpaired) electrons. The van der Waals surface area contributed by atoms with Crippen molar-refractivity contribution in [1.29, 1.82) is 0 Å². The predicted molar refractivity (Wildman–Crippen MR) is 74.7 cm³/mol. The molecule has 19 heavy (non-hydrogen) atoms. The van der Waals surface area contributed by atoms with Crippen molar-refractivity contribution in [2.75, 3.05) is 31.6 Å². The average molecular weight is 284 g/mol. The first-order valence-electron chi connectivity index (χ1n) is 6.53. The Morgan fingerprint density at radius 1 is 1.32 bits per heavy atom. The Hall–Kier alpha value is -1.11. The molecule has 1 aliphatic heterocycles. The van der Waals surface area contributed by atoms with Gasteiger partial charge in [0.2, 0.25) is 10.0 Å². The molecule has 0 aliphatic carbocycles. The van der Waals surface area contributed by atoms with Gasteiger partial charge in [0.25, 0.3) is 0 Å². The molecule has 6 heteroatoms. The zero-order valence-corrected chi connectivity index (χ0v) is 11.9. The highest BCUT2D eigenvalue weighted by atomic mass is 32.2. The van der Waals surface area contributed by atoms with Crippen LogP contribution in [0.25, 0.3) is 0 Å². The lowest BCUT2D eigenvalue weighted by Crippen LogP contribution is -2.29. The lowest BCUT2D eigenvalue weighted by atomic mass is 10.1. The summed E-state index contributed by atoms with van der Waals surface area (Å²) in [5.74, 6) is 0.288. The fraction of sp³-hybridized carbons (Fsp3) is 0.538. The van der Waals surface area contributed by atoms with Gasteiger partial charge in [-0.25, -0.2) is 13.1 Å². The van der Waals surface area contributed by atoms with Crippen LogP contribution in [0.1, 0.15) is 13.3 Å². The maximum Gasteiger partial charge on any atom is 0.240 e. The monoisotopic (exact) mass is 284 g/mol. The Kier molecular flexibility index (Phi) is 4.79. The minimum atomic E-state index is -3.41. The van der Waals surface area contributed by atoms with Gasteiger partial charge < -0.3 is 10.1 Å². The summed E-state index contributed by atoms with van der Waals surface area (Å²) in [6.07, 6.45) is 0.919. The summed E-state index contributed by atoms with van der Waals surface area (Å²) in [5.41, 5.74) is 0.922. The van der Waals surface area contributed by atoms with Gasteiger partial charge in [-0.1, -0.05) is 0 Å². The van der Waals surface area contributed by atoms with Gasteiger partial charge in [0.15, 0.2) is 0 Å². The van der Waals surface area contributed by atoms with E-state index in [1.807, 2.05) is 6.92 Å². The van der Waals surface area contributed by atoms with E-state index in [9.17, 15) is 8.42 Å². The minimum Gasteiger partial charge on any atom is -0.385 e. The lowest BCUT2D eigenvalue weighted by molar-refractivity contribution is 0.186. The first kappa shape index (κ1) is 14.3. The number of rotatable bonds is 6. The highest BCUT2D eigenvalue weighted by molar-refractivity contribution is 7.89. The molecule has 0 aromatic heterocycles. The Labute approximate surface area is 114 Å². The lowest BCUT2D eigenvalue weighted by Gasteiger charge is -2.11. The van der Waals surface area contributed by atoms with Gasteiger partial charge in [-0.05, 0) is 43.5 Å². The third-order valence-corrected chi connectivity index (χ3v) is 4.57. The Morgan fingerprint density at radius 2 is 2.05 bits per heavy atom. The molecule has 0 bridgehead atoms. The van der Waals surface area contributed by atoms with Crippen molar-refractivity contribution in [3.05, 3.63) is 24.3 Å². The van der Waals surface area contributed by atoms with E-state index in [1.54, 1.807) is 24.3 Å². The summed E-state index contributed by atoms with van der Waals surface area (Å²) < 4.78 is 32.0. The number of hydrogen-bond acceptors (Lipinski definition) is 4. The molecule has 106 valence electrons. The van der Waals surface area contributed by atoms with E-state index in [1.165, 1.54) is 0 Å². The molecule has 0 saturated carbocycles. The second kappa shape index (κ2) is 6.36. The van der Waals surface area contributed by atoms with Crippen LogP contribution in [0.3, 0.4) is 0 Å². The standard InChI is InChI=1S/C13H20N2O3S/c1-2-14-12-3-5-13(6-4-12)19(16,17)15-9-11-7-8-18-10-11/h3-6,11,14-15H,2,7-10H2,1H3. The Balaban J connectivity index is 1.97. The molecule has 1 saturated heterocycles. The normalized spacial score (nSPS) is 19.5. The van der Waals surface area contributed by atoms with E-state index in [0.29, 0.717) is 18.0 Å². The van der Waals surface area contributed by atoms with Crippen LogP contribution < -0.4 is 10.0 Å². The van der Waals surface area contributed by atoms with Crippen LogP contribution in [0.15, 0.2) is 29.2 Å². The quantitative estimate of drug-likeness (QED) is 0.829. The molecule has 1 heterocycles. The first-order valence-corrected chi connectivity index (χ1v) is 8.01. The smallest absolute Gasteiger partial charge is 0.240 e. The third kappa shape index (κ3) is 3.92. The fourth-order valence-corrected chi connectivity index (χ4v) is 3.13. The van der Waals surface area contributed by atoms with Crippen LogP contribution in [-0.4, -0.2) is 34.7 Å². The van der Waals surface area contributed by atoms with Gasteiger partial charge in [0.05, 0.1) is 11.5 Å². The Bertz CT molecular complexity index is 493. The van der Waals surface area contributed by atoms with Crippen LogP contribution in [0.4, 0.5) is 5.69 Å². The molecule has 1 aliphatic rings. The van der Waals surface area contributed by atoms with Crippen molar-refractivity contribution in [2.45, 2.75) is 18.2 Å². The molecule has 0 amide bonds. The summed E-state index contributed by atoms with van der Waals surface area (Å²) in [6.45, 7) is 4.62. The van der Waals surface area contributed by atoms with Crippen LogP contribution in [0.5, 0.6) is 0 Å². The highest BCUT2D eigenvalue weighted by Gasteiger charge is 2.20. The molecule has 1 unspecified atom stereocenters. The van der Waals surface area contributed by atoms with E-state index >= 15 is 0 Å². The van der Waals surface area contributed by atoms with Gasteiger partial charge >= 0.3 is 0 Å². The SMILES string of the molecule is CCNc1ccc(S(=O)(=O)NCC2CCOC2)cc1. The van der Waals surface area contributed by atoms with Crippen molar-refractivity contribution in [1.82, 2.24) is 4.72 Å². The van der Waals surface area contributed by atoms with Crippen molar-refractivity contribution in [2.24, 2.45) is 5.92 Å². The van der Waals surface area contributed by atoms with E-state index in [-0.39, 0.29) is 5.92 Å². The molecule has 2 N–H and O–H groups in total. The van der Waals surface area contributed by atoms with E-state index < -0.39 is 10.0 Å². The van der Waals surface area contributed by atoms with Crippen LogP contribution in [0.2, 0.25) is 0 Å². The van der Waals surface area contributed by atoms with Gasteiger partial charge in [-0.15, -0.1) is 0 Å². The number of ether oxygens (including phenoxy) is 1. The number of anilines is 1. The largest absolute Gasteiger partial charge is 0.385 e. The molecular weight excluding hydrogens is 264 g/mol. The summed E-state index contributed by atoms with van der Waals surface area (Å²) in [4.78, 5) is 0.299. The number of sulfonamides is 1. The summed E-state index contributed by atoms with van der Waals surface area (Å²) in [7, 11) is -3.41. The average Bonchev–Trinajstić information content (AvgIpc) is 2.91. The number of benzene rings is 1. The molecule has 2 rings (SSSR count). The van der Waals surface area contributed by atoms with Crippen LogP contribution >= 0.6 is 0 Å². The fourth-order valence-electron chi connectivity index (χ4n) is 2.01. The van der Waals surface area contributed by atoms with E-state index in [0.717, 1.165) is 25.3 Å². The van der Waals surface area contributed by atoms with Crippen molar-refractivity contribution in [3.63, 3.8) is 0 Å². The third-order valence-electron chi connectivity index (χ3n) is 3.13.